The highest BCUT2D eigenvalue weighted by atomic mass is 35.5. The van der Waals surface area contributed by atoms with Crippen molar-refractivity contribution in [3.8, 4) is 11.3 Å². The molecule has 1 aromatic heterocycles. The highest BCUT2D eigenvalue weighted by Gasteiger charge is 2.26. The smallest absolute Gasteiger partial charge is 0.170 e. The topological polar surface area (TPSA) is 63.3 Å². The van der Waals surface area contributed by atoms with E-state index in [1.54, 1.807) is 18.2 Å². The molecule has 0 spiro atoms. The van der Waals surface area contributed by atoms with E-state index in [-0.39, 0.29) is 11.5 Å². The fraction of sp³-hybridized carbons (Fsp3) is 0.250. The first-order valence-electron chi connectivity index (χ1n) is 6.79. The summed E-state index contributed by atoms with van der Waals surface area (Å²) in [5.41, 5.74) is 1.66. The Kier molecular flexibility index (Phi) is 3.90. The molecule has 1 N–H and O–H groups in total. The highest BCUT2D eigenvalue weighted by molar-refractivity contribution is 6.33. The lowest BCUT2D eigenvalue weighted by molar-refractivity contribution is -0.117. The maximum Gasteiger partial charge on any atom is 0.170 e. The molecule has 0 saturated carbocycles. The largest absolute Gasteiger partial charge is 0.380 e. The van der Waals surface area contributed by atoms with Crippen LogP contribution in [0.4, 0.5) is 0 Å². The van der Waals surface area contributed by atoms with Crippen molar-refractivity contribution in [2.45, 2.75) is 25.4 Å². The number of benzene rings is 1. The molecule has 3 rings (SSSR count). The van der Waals surface area contributed by atoms with E-state index in [1.165, 1.54) is 0 Å². The molecule has 0 saturated heterocycles. The van der Waals surface area contributed by atoms with Gasteiger partial charge in [0.1, 0.15) is 11.8 Å². The van der Waals surface area contributed by atoms with Crippen molar-refractivity contribution in [2.24, 2.45) is 0 Å². The van der Waals surface area contributed by atoms with Gasteiger partial charge in [-0.25, -0.2) is 0 Å². The molecule has 0 radical (unpaired) electrons. The average Bonchev–Trinajstić information content (AvgIpc) is 2.97. The van der Waals surface area contributed by atoms with E-state index in [0.29, 0.717) is 22.7 Å². The van der Waals surface area contributed by atoms with Crippen LogP contribution < -0.4 is 0 Å². The van der Waals surface area contributed by atoms with Crippen molar-refractivity contribution < 1.29 is 14.4 Å². The first-order chi connectivity index (χ1) is 10.2. The molecular weight excluding hydrogens is 290 g/mol. The molecule has 1 atom stereocenters. The van der Waals surface area contributed by atoms with E-state index in [9.17, 15) is 9.90 Å². The van der Waals surface area contributed by atoms with Crippen LogP contribution in [-0.2, 0) is 4.79 Å². The minimum absolute atomic E-state index is 0.0376. The lowest BCUT2D eigenvalue weighted by Crippen LogP contribution is -2.14. The summed E-state index contributed by atoms with van der Waals surface area (Å²) in [6.07, 6.45) is 2.80. The Bertz CT molecular complexity index is 705. The number of halogens is 1. The van der Waals surface area contributed by atoms with E-state index in [4.69, 9.17) is 16.1 Å². The summed E-state index contributed by atoms with van der Waals surface area (Å²) >= 11 is 6.11. The van der Waals surface area contributed by atoms with E-state index < -0.39 is 6.10 Å². The second-order valence-electron chi connectivity index (χ2n) is 4.97. The molecule has 21 heavy (non-hydrogen) atoms. The summed E-state index contributed by atoms with van der Waals surface area (Å²) in [5.74, 6) is 0.218. The fourth-order valence-electron chi connectivity index (χ4n) is 2.41. The second kappa shape index (κ2) is 5.84. The number of aliphatic hydroxyl groups is 1. The van der Waals surface area contributed by atoms with E-state index in [1.807, 2.05) is 18.2 Å². The number of hydrogen-bond acceptors (Lipinski definition) is 4. The van der Waals surface area contributed by atoms with Gasteiger partial charge < -0.3 is 9.63 Å². The van der Waals surface area contributed by atoms with Gasteiger partial charge in [-0.1, -0.05) is 41.0 Å². The Balaban J connectivity index is 1.90. The van der Waals surface area contributed by atoms with Gasteiger partial charge in [-0.05, 0) is 18.9 Å². The summed E-state index contributed by atoms with van der Waals surface area (Å²) in [6, 6.07) is 8.87. The van der Waals surface area contributed by atoms with Crippen molar-refractivity contribution >= 4 is 17.4 Å². The quantitative estimate of drug-likeness (QED) is 0.939. The van der Waals surface area contributed by atoms with Gasteiger partial charge in [-0.2, -0.15) is 0 Å². The maximum absolute atomic E-state index is 11.8. The SMILES string of the molecule is O=C1CCCC=C1C(O)c1cc(-c2ccccc2Cl)no1. The van der Waals surface area contributed by atoms with Crippen LogP contribution in [0.1, 0.15) is 31.1 Å². The normalized spacial score (nSPS) is 16.7. The molecule has 108 valence electrons. The van der Waals surface area contributed by atoms with Gasteiger partial charge in [0, 0.05) is 23.6 Å². The van der Waals surface area contributed by atoms with Gasteiger partial charge in [-0.3, -0.25) is 4.79 Å². The van der Waals surface area contributed by atoms with Gasteiger partial charge in [0.05, 0.1) is 5.02 Å². The van der Waals surface area contributed by atoms with Crippen LogP contribution in [0.15, 0.2) is 46.5 Å². The number of aromatic nitrogens is 1. The molecule has 1 aromatic carbocycles. The lowest BCUT2D eigenvalue weighted by atomic mass is 9.93. The van der Waals surface area contributed by atoms with Crippen LogP contribution in [0, 0.1) is 0 Å². The van der Waals surface area contributed by atoms with Crippen molar-refractivity contribution in [1.29, 1.82) is 0 Å². The van der Waals surface area contributed by atoms with Crippen LogP contribution in [0.5, 0.6) is 0 Å². The first-order valence-corrected chi connectivity index (χ1v) is 7.17. The Morgan fingerprint density at radius 3 is 2.90 bits per heavy atom. The molecule has 0 fully saturated rings. The number of carbonyl (C=O) groups excluding carboxylic acids is 1. The molecule has 0 amide bonds. The van der Waals surface area contributed by atoms with Crippen molar-refractivity contribution in [1.82, 2.24) is 5.16 Å². The maximum atomic E-state index is 11.8. The Morgan fingerprint density at radius 2 is 2.14 bits per heavy atom. The summed E-state index contributed by atoms with van der Waals surface area (Å²) < 4.78 is 5.19. The number of aliphatic hydroxyl groups excluding tert-OH is 1. The summed E-state index contributed by atoms with van der Waals surface area (Å²) in [4.78, 5) is 11.8. The van der Waals surface area contributed by atoms with Crippen LogP contribution in [0.3, 0.4) is 0 Å². The Hall–Kier alpha value is -1.91. The zero-order valence-electron chi connectivity index (χ0n) is 11.3. The zero-order valence-corrected chi connectivity index (χ0v) is 12.0. The third-order valence-corrected chi connectivity index (χ3v) is 3.87. The highest BCUT2D eigenvalue weighted by Crippen LogP contribution is 2.32. The molecule has 4 nitrogen and oxygen atoms in total. The monoisotopic (exact) mass is 303 g/mol. The third kappa shape index (κ3) is 2.77. The van der Waals surface area contributed by atoms with Gasteiger partial charge in [-0.15, -0.1) is 0 Å². The standard InChI is InChI=1S/C16H14ClNO3/c17-12-7-3-1-5-10(12)13-9-15(21-18-13)16(20)11-6-2-4-8-14(11)19/h1,3,5-7,9,16,20H,2,4,8H2. The number of rotatable bonds is 3. The van der Waals surface area contributed by atoms with Crippen LogP contribution in [0.25, 0.3) is 11.3 Å². The fourth-order valence-corrected chi connectivity index (χ4v) is 2.64. The van der Waals surface area contributed by atoms with Gasteiger partial charge in [0.15, 0.2) is 11.5 Å². The second-order valence-corrected chi connectivity index (χ2v) is 5.38. The molecule has 1 unspecified atom stereocenters. The Morgan fingerprint density at radius 1 is 1.33 bits per heavy atom. The number of hydrogen-bond donors (Lipinski definition) is 1. The van der Waals surface area contributed by atoms with Crippen LogP contribution in [0.2, 0.25) is 5.02 Å². The zero-order chi connectivity index (χ0) is 14.8. The minimum Gasteiger partial charge on any atom is -0.380 e. The number of nitrogens with zero attached hydrogens (tertiary/aromatic N) is 1. The first kappa shape index (κ1) is 14.0. The third-order valence-electron chi connectivity index (χ3n) is 3.54. The van der Waals surface area contributed by atoms with Gasteiger partial charge in [0.2, 0.25) is 0 Å². The lowest BCUT2D eigenvalue weighted by Gasteiger charge is -2.14. The van der Waals surface area contributed by atoms with E-state index >= 15 is 0 Å². The predicted octanol–water partition coefficient (Wildman–Crippen LogP) is 3.71. The molecule has 0 bridgehead atoms. The number of carbonyl (C=O) groups is 1. The van der Waals surface area contributed by atoms with Crippen molar-refractivity contribution in [2.75, 3.05) is 0 Å². The Labute approximate surface area is 127 Å². The summed E-state index contributed by atoms with van der Waals surface area (Å²) in [6.45, 7) is 0. The number of ketones is 1. The molecular formula is C16H14ClNO3. The average molecular weight is 304 g/mol. The van der Waals surface area contributed by atoms with E-state index in [0.717, 1.165) is 18.4 Å². The van der Waals surface area contributed by atoms with Crippen molar-refractivity contribution in [3.63, 3.8) is 0 Å². The molecule has 0 aliphatic heterocycles. The molecule has 1 heterocycles. The molecule has 2 aromatic rings. The van der Waals surface area contributed by atoms with Crippen LogP contribution in [-0.4, -0.2) is 16.0 Å². The predicted molar refractivity (Wildman–Crippen MR) is 78.8 cm³/mol. The number of allylic oxidation sites excluding steroid dienone is 1. The van der Waals surface area contributed by atoms with Crippen molar-refractivity contribution in [3.05, 3.63) is 52.8 Å². The summed E-state index contributed by atoms with van der Waals surface area (Å²) in [7, 11) is 0. The van der Waals surface area contributed by atoms with Crippen LogP contribution >= 0.6 is 11.6 Å². The minimum atomic E-state index is -1.07. The van der Waals surface area contributed by atoms with Gasteiger partial charge >= 0.3 is 0 Å². The number of Topliss-reactive ketones (excluding diaryl/α,β-unsaturated/α-hetero) is 1. The van der Waals surface area contributed by atoms with Gasteiger partial charge in [0.25, 0.3) is 0 Å². The molecule has 1 aliphatic carbocycles. The summed E-state index contributed by atoms with van der Waals surface area (Å²) in [5, 5.41) is 14.8. The molecule has 5 heteroatoms. The van der Waals surface area contributed by atoms with E-state index in [2.05, 4.69) is 5.16 Å². The molecule has 1 aliphatic rings.